The molecule has 4 rings (SSSR count). The minimum Gasteiger partial charge on any atom is -0.497 e. The monoisotopic (exact) mass is 454 g/mol. The number of benzene rings is 2. The van der Waals surface area contributed by atoms with E-state index >= 15 is 0 Å². The predicted octanol–water partition coefficient (Wildman–Crippen LogP) is 5.20. The quantitative estimate of drug-likeness (QED) is 0.412. The van der Waals surface area contributed by atoms with E-state index in [9.17, 15) is 4.79 Å². The number of nitrogens with zero attached hydrogens (tertiary/aromatic N) is 3. The van der Waals surface area contributed by atoms with Gasteiger partial charge in [-0.15, -0.1) is 10.2 Å². The predicted molar refractivity (Wildman–Crippen MR) is 120 cm³/mol. The molecule has 2 aromatic heterocycles. The first kappa shape index (κ1) is 21.0. The molecule has 9 heteroatoms. The maximum Gasteiger partial charge on any atom is 0.263 e. The second-order valence-electron chi connectivity index (χ2n) is 6.75. The Labute approximate surface area is 188 Å². The molecule has 0 aliphatic heterocycles. The smallest absolute Gasteiger partial charge is 0.263 e. The van der Waals surface area contributed by atoms with Gasteiger partial charge in [-0.05, 0) is 37.1 Å². The highest BCUT2D eigenvalue weighted by Crippen LogP contribution is 2.31. The number of hydrogen-bond donors (Lipinski definition) is 1. The number of rotatable bonds is 7. The molecule has 1 N–H and O–H groups in total. The number of nitrogens with one attached hydrogen (secondary N) is 1. The fraction of sp³-hybridized carbons (Fsp3) is 0.182. The maximum atomic E-state index is 12.9. The Bertz CT molecular complexity index is 1200. The van der Waals surface area contributed by atoms with Crippen molar-refractivity contribution in [2.24, 2.45) is 0 Å². The number of hydrogen-bond acceptors (Lipinski definition) is 7. The molecule has 0 saturated carbocycles. The van der Waals surface area contributed by atoms with Gasteiger partial charge in [-0.2, -0.15) is 0 Å². The average Bonchev–Trinajstić information content (AvgIpc) is 3.39. The highest BCUT2D eigenvalue weighted by molar-refractivity contribution is 7.15. The van der Waals surface area contributed by atoms with Crippen molar-refractivity contribution in [1.29, 1.82) is 0 Å². The lowest BCUT2D eigenvalue weighted by Gasteiger charge is -2.04. The van der Waals surface area contributed by atoms with Crippen LogP contribution in [0.4, 0.5) is 5.13 Å². The molecular formula is C22H19ClN4O3S. The molecule has 7 nitrogen and oxygen atoms in total. The van der Waals surface area contributed by atoms with E-state index in [1.165, 1.54) is 16.9 Å². The summed E-state index contributed by atoms with van der Waals surface area (Å²) >= 11 is 7.61. The summed E-state index contributed by atoms with van der Waals surface area (Å²) in [6.45, 7) is 1.68. The van der Waals surface area contributed by atoms with Gasteiger partial charge in [0, 0.05) is 12.0 Å². The van der Waals surface area contributed by atoms with Crippen molar-refractivity contribution in [3.8, 4) is 17.0 Å². The van der Waals surface area contributed by atoms with Gasteiger partial charge < -0.3 is 9.26 Å². The number of halogens is 1. The van der Waals surface area contributed by atoms with Gasteiger partial charge in [0.25, 0.3) is 5.91 Å². The molecule has 0 aliphatic rings. The maximum absolute atomic E-state index is 12.9. The van der Waals surface area contributed by atoms with Crippen LogP contribution in [0.15, 0.2) is 53.1 Å². The molecule has 158 valence electrons. The van der Waals surface area contributed by atoms with E-state index in [2.05, 4.69) is 20.7 Å². The van der Waals surface area contributed by atoms with E-state index in [0.717, 1.165) is 23.6 Å². The van der Waals surface area contributed by atoms with E-state index in [4.69, 9.17) is 20.9 Å². The Morgan fingerprint density at radius 3 is 2.65 bits per heavy atom. The van der Waals surface area contributed by atoms with Gasteiger partial charge in [0.2, 0.25) is 5.13 Å². The third-order valence-corrected chi connectivity index (χ3v) is 5.92. The van der Waals surface area contributed by atoms with Gasteiger partial charge in [0.05, 0.1) is 12.1 Å². The van der Waals surface area contributed by atoms with Gasteiger partial charge >= 0.3 is 0 Å². The zero-order chi connectivity index (χ0) is 21.8. The van der Waals surface area contributed by atoms with Gasteiger partial charge in [0.15, 0.2) is 0 Å². The first-order valence-corrected chi connectivity index (χ1v) is 10.7. The lowest BCUT2D eigenvalue weighted by molar-refractivity contribution is 0.102. The fourth-order valence-electron chi connectivity index (χ4n) is 3.08. The topological polar surface area (TPSA) is 90.1 Å². The average molecular weight is 455 g/mol. The van der Waals surface area contributed by atoms with Crippen LogP contribution in [0.2, 0.25) is 5.02 Å². The Kier molecular flexibility index (Phi) is 6.29. The summed E-state index contributed by atoms with van der Waals surface area (Å²) in [6, 6.07) is 15.1. The lowest BCUT2D eigenvalue weighted by Crippen LogP contribution is -2.13. The number of aryl methyl sites for hydroxylation is 3. The Balaban J connectivity index is 1.45. The van der Waals surface area contributed by atoms with Crippen molar-refractivity contribution in [3.63, 3.8) is 0 Å². The third-order valence-electron chi connectivity index (χ3n) is 4.69. The van der Waals surface area contributed by atoms with Crippen LogP contribution < -0.4 is 10.1 Å². The second kappa shape index (κ2) is 9.28. The molecule has 4 aromatic rings. The lowest BCUT2D eigenvalue weighted by atomic mass is 10.1. The summed E-state index contributed by atoms with van der Waals surface area (Å²) in [5, 5.41) is 16.8. The van der Waals surface area contributed by atoms with Crippen LogP contribution in [0, 0.1) is 6.92 Å². The van der Waals surface area contributed by atoms with Crippen molar-refractivity contribution >= 4 is 34.0 Å². The molecule has 2 aromatic carbocycles. The van der Waals surface area contributed by atoms with Gasteiger partial charge in [-0.25, -0.2) is 0 Å². The summed E-state index contributed by atoms with van der Waals surface area (Å²) in [5.41, 5.74) is 2.52. The molecule has 0 fully saturated rings. The van der Waals surface area contributed by atoms with E-state index in [1.807, 2.05) is 36.4 Å². The van der Waals surface area contributed by atoms with E-state index in [-0.39, 0.29) is 5.91 Å². The molecular weight excluding hydrogens is 436 g/mol. The van der Waals surface area contributed by atoms with Crippen LogP contribution in [0.3, 0.4) is 0 Å². The van der Waals surface area contributed by atoms with Crippen LogP contribution in [0.5, 0.6) is 5.75 Å². The summed E-state index contributed by atoms with van der Waals surface area (Å²) in [4.78, 5) is 12.9. The molecule has 0 aliphatic carbocycles. The van der Waals surface area contributed by atoms with Crippen LogP contribution in [0.1, 0.15) is 26.7 Å². The van der Waals surface area contributed by atoms with Crippen molar-refractivity contribution in [2.45, 2.75) is 19.8 Å². The van der Waals surface area contributed by atoms with Crippen molar-refractivity contribution in [2.75, 3.05) is 12.4 Å². The normalized spacial score (nSPS) is 10.8. The van der Waals surface area contributed by atoms with Gasteiger partial charge in [0.1, 0.15) is 27.8 Å². The molecule has 1 amide bonds. The van der Waals surface area contributed by atoms with Crippen LogP contribution >= 0.6 is 22.9 Å². The van der Waals surface area contributed by atoms with Crippen LogP contribution in [-0.4, -0.2) is 28.4 Å². The number of anilines is 1. The SMILES string of the molecule is COc1ccc(CCc2nnc(NC(=O)c3c(-c4ccccc4Cl)noc3C)s2)cc1. The Morgan fingerprint density at radius 2 is 1.90 bits per heavy atom. The van der Waals surface area contributed by atoms with Gasteiger partial charge in [-0.3, -0.25) is 10.1 Å². The molecule has 0 radical (unpaired) electrons. The van der Waals surface area contributed by atoms with Crippen molar-refractivity contribution < 1.29 is 14.1 Å². The standard InChI is InChI=1S/C22H19ClN4O3S/c1-13-19(20(27-30-13)16-5-3-4-6-17(16)23)21(28)24-22-26-25-18(31-22)12-9-14-7-10-15(29-2)11-8-14/h3-8,10-11H,9,12H2,1-2H3,(H,24,26,28). The number of methoxy groups -OCH3 is 1. The minimum atomic E-state index is -0.369. The van der Waals surface area contributed by atoms with Crippen LogP contribution in [0.25, 0.3) is 11.3 Å². The first-order valence-electron chi connectivity index (χ1n) is 9.53. The number of carbonyl (C=O) groups is 1. The summed E-state index contributed by atoms with van der Waals surface area (Å²) < 4.78 is 10.4. The summed E-state index contributed by atoms with van der Waals surface area (Å²) in [5.74, 6) is 0.855. The Hall–Kier alpha value is -3.23. The highest BCUT2D eigenvalue weighted by atomic mass is 35.5. The molecule has 31 heavy (non-hydrogen) atoms. The zero-order valence-electron chi connectivity index (χ0n) is 16.9. The van der Waals surface area contributed by atoms with Crippen molar-refractivity contribution in [1.82, 2.24) is 15.4 Å². The largest absolute Gasteiger partial charge is 0.497 e. The second-order valence-corrected chi connectivity index (χ2v) is 8.21. The van der Waals surface area contributed by atoms with E-state index in [1.54, 1.807) is 26.2 Å². The number of aromatic nitrogens is 3. The minimum absolute atomic E-state index is 0.322. The highest BCUT2D eigenvalue weighted by Gasteiger charge is 2.24. The first-order chi connectivity index (χ1) is 15.0. The zero-order valence-corrected chi connectivity index (χ0v) is 18.5. The van der Waals surface area contributed by atoms with E-state index in [0.29, 0.717) is 32.7 Å². The number of carbonyl (C=O) groups excluding carboxylic acids is 1. The van der Waals surface area contributed by atoms with Crippen molar-refractivity contribution in [3.05, 3.63) is 75.4 Å². The summed E-state index contributed by atoms with van der Waals surface area (Å²) in [6.07, 6.45) is 1.53. The fourth-order valence-corrected chi connectivity index (χ4v) is 4.04. The number of amides is 1. The molecule has 0 saturated heterocycles. The van der Waals surface area contributed by atoms with Crippen LogP contribution in [-0.2, 0) is 12.8 Å². The van der Waals surface area contributed by atoms with E-state index < -0.39 is 0 Å². The molecule has 2 heterocycles. The Morgan fingerprint density at radius 1 is 1.13 bits per heavy atom. The third kappa shape index (κ3) is 4.76. The molecule has 0 bridgehead atoms. The van der Waals surface area contributed by atoms with Gasteiger partial charge in [-0.1, -0.05) is 58.4 Å². The molecule has 0 spiro atoms. The number of ether oxygens (including phenoxy) is 1. The molecule has 0 atom stereocenters. The molecule has 0 unspecified atom stereocenters. The summed E-state index contributed by atoms with van der Waals surface area (Å²) in [7, 11) is 1.64.